The highest BCUT2D eigenvalue weighted by Crippen LogP contribution is 2.42. The van der Waals surface area contributed by atoms with Crippen LogP contribution in [0.1, 0.15) is 0 Å². The van der Waals surface area contributed by atoms with Gasteiger partial charge in [-0.15, -0.1) is 0 Å². The number of benzene rings is 2. The molecule has 0 spiro atoms. The number of halogens is 4. The molecule has 0 amide bonds. The number of rotatable bonds is 2. The van der Waals surface area contributed by atoms with Crippen LogP contribution >= 0.6 is 62.5 Å². The van der Waals surface area contributed by atoms with Crippen LogP contribution in [0.15, 0.2) is 50.8 Å². The van der Waals surface area contributed by atoms with Crippen LogP contribution in [0.3, 0.4) is 0 Å². The third-order valence-corrected chi connectivity index (χ3v) is 5.51. The molecule has 20 heavy (non-hydrogen) atoms. The van der Waals surface area contributed by atoms with Gasteiger partial charge in [0, 0.05) is 36.4 Å². The van der Waals surface area contributed by atoms with Gasteiger partial charge in [0.1, 0.15) is 0 Å². The number of H-pyrrole nitrogens is 1. The summed E-state index contributed by atoms with van der Waals surface area (Å²) in [5.41, 5.74) is 1.07. The standard InChI is InChI=1S/C14H7BrCl3NS/c15-7-1-2-12-9(3-7)13(6-19-12)20-14-10(17)4-8(16)5-11(14)18/h1-6,19H. The Morgan fingerprint density at radius 2 is 1.70 bits per heavy atom. The second-order valence-corrected chi connectivity index (χ2v) is 7.36. The lowest BCUT2D eigenvalue weighted by molar-refractivity contribution is 1.39. The third kappa shape index (κ3) is 2.83. The van der Waals surface area contributed by atoms with Crippen molar-refractivity contribution < 1.29 is 0 Å². The Bertz CT molecular complexity index is 777. The highest BCUT2D eigenvalue weighted by atomic mass is 79.9. The van der Waals surface area contributed by atoms with E-state index < -0.39 is 0 Å². The van der Waals surface area contributed by atoms with Crippen LogP contribution in [0.2, 0.25) is 15.1 Å². The van der Waals surface area contributed by atoms with Crippen molar-refractivity contribution in [1.29, 1.82) is 0 Å². The van der Waals surface area contributed by atoms with Crippen LogP contribution in [0, 0.1) is 0 Å². The topological polar surface area (TPSA) is 15.8 Å². The van der Waals surface area contributed by atoms with Gasteiger partial charge >= 0.3 is 0 Å². The molecule has 1 aromatic heterocycles. The third-order valence-electron chi connectivity index (χ3n) is 2.78. The lowest BCUT2D eigenvalue weighted by Gasteiger charge is -2.06. The molecule has 3 aromatic rings. The molecule has 0 radical (unpaired) electrons. The average molecular weight is 408 g/mol. The molecule has 1 N–H and O–H groups in total. The zero-order valence-electron chi connectivity index (χ0n) is 9.88. The fourth-order valence-electron chi connectivity index (χ4n) is 1.89. The second-order valence-electron chi connectivity index (χ2n) is 4.14. The Kier molecular flexibility index (Phi) is 4.25. The van der Waals surface area contributed by atoms with Crippen molar-refractivity contribution in [2.75, 3.05) is 0 Å². The van der Waals surface area contributed by atoms with Crippen LogP contribution < -0.4 is 0 Å². The smallest absolute Gasteiger partial charge is 0.0575 e. The molecule has 102 valence electrons. The van der Waals surface area contributed by atoms with Gasteiger partial charge in [0.25, 0.3) is 0 Å². The van der Waals surface area contributed by atoms with Crippen molar-refractivity contribution >= 4 is 73.4 Å². The molecule has 0 unspecified atom stereocenters. The maximum Gasteiger partial charge on any atom is 0.0575 e. The molecule has 0 aliphatic rings. The summed E-state index contributed by atoms with van der Waals surface area (Å²) in [6.45, 7) is 0. The van der Waals surface area contributed by atoms with Crippen LogP contribution in [0.4, 0.5) is 0 Å². The van der Waals surface area contributed by atoms with Crippen LogP contribution in [0.5, 0.6) is 0 Å². The normalized spacial score (nSPS) is 11.2. The summed E-state index contributed by atoms with van der Waals surface area (Å²) >= 11 is 23.4. The Hall–Kier alpha value is -0.320. The number of hydrogen-bond acceptors (Lipinski definition) is 1. The quantitative estimate of drug-likeness (QED) is 0.482. The largest absolute Gasteiger partial charge is 0.360 e. The first kappa shape index (κ1) is 14.6. The molecule has 6 heteroatoms. The van der Waals surface area contributed by atoms with Crippen molar-refractivity contribution in [3.05, 3.63) is 56.1 Å². The molecular formula is C14H7BrCl3NS. The highest BCUT2D eigenvalue weighted by Gasteiger charge is 2.12. The maximum absolute atomic E-state index is 6.22. The number of fused-ring (bicyclic) bond motifs is 1. The van der Waals surface area contributed by atoms with E-state index in [9.17, 15) is 0 Å². The molecule has 2 aromatic carbocycles. The monoisotopic (exact) mass is 405 g/mol. The molecule has 0 aliphatic heterocycles. The summed E-state index contributed by atoms with van der Waals surface area (Å²) in [6.07, 6.45) is 1.95. The number of nitrogens with one attached hydrogen (secondary N) is 1. The van der Waals surface area contributed by atoms with E-state index in [0.717, 1.165) is 25.2 Å². The number of hydrogen-bond donors (Lipinski definition) is 1. The minimum absolute atomic E-state index is 0.533. The van der Waals surface area contributed by atoms with Crippen molar-refractivity contribution in [1.82, 2.24) is 4.98 Å². The van der Waals surface area contributed by atoms with Gasteiger partial charge in [-0.2, -0.15) is 0 Å². The molecule has 0 saturated carbocycles. The fraction of sp³-hybridized carbons (Fsp3) is 0. The molecule has 3 rings (SSSR count). The van der Waals surface area contributed by atoms with Gasteiger partial charge in [-0.1, -0.05) is 62.5 Å². The first-order valence-electron chi connectivity index (χ1n) is 5.63. The first-order valence-corrected chi connectivity index (χ1v) is 8.38. The zero-order chi connectivity index (χ0) is 14.3. The zero-order valence-corrected chi connectivity index (χ0v) is 14.6. The summed E-state index contributed by atoms with van der Waals surface area (Å²) in [5.74, 6) is 0. The molecule has 0 aliphatic carbocycles. The maximum atomic E-state index is 6.22. The minimum Gasteiger partial charge on any atom is -0.360 e. The van der Waals surface area contributed by atoms with Gasteiger partial charge < -0.3 is 4.98 Å². The van der Waals surface area contributed by atoms with Gasteiger partial charge in [-0.05, 0) is 30.3 Å². The summed E-state index contributed by atoms with van der Waals surface area (Å²) in [7, 11) is 0. The summed E-state index contributed by atoms with van der Waals surface area (Å²) in [6, 6.07) is 9.47. The summed E-state index contributed by atoms with van der Waals surface area (Å²) in [5, 5.41) is 2.76. The van der Waals surface area contributed by atoms with E-state index >= 15 is 0 Å². The predicted molar refractivity (Wildman–Crippen MR) is 91.6 cm³/mol. The Balaban J connectivity index is 2.08. The van der Waals surface area contributed by atoms with E-state index in [0.29, 0.717) is 15.1 Å². The fourth-order valence-corrected chi connectivity index (χ4v) is 4.23. The molecule has 0 saturated heterocycles. The van der Waals surface area contributed by atoms with Gasteiger partial charge in [-0.3, -0.25) is 0 Å². The van der Waals surface area contributed by atoms with E-state index in [-0.39, 0.29) is 0 Å². The Morgan fingerprint density at radius 3 is 2.40 bits per heavy atom. The van der Waals surface area contributed by atoms with E-state index in [4.69, 9.17) is 34.8 Å². The van der Waals surface area contributed by atoms with E-state index in [1.54, 1.807) is 12.1 Å². The van der Waals surface area contributed by atoms with Crippen molar-refractivity contribution in [2.45, 2.75) is 9.79 Å². The second kappa shape index (κ2) is 5.82. The van der Waals surface area contributed by atoms with Gasteiger partial charge in [0.05, 0.1) is 10.0 Å². The van der Waals surface area contributed by atoms with Crippen LogP contribution in [-0.4, -0.2) is 4.98 Å². The molecule has 0 atom stereocenters. The SMILES string of the molecule is Clc1cc(Cl)c(Sc2c[nH]c3ccc(Br)cc23)c(Cl)c1. The first-order chi connectivity index (χ1) is 9.54. The van der Waals surface area contributed by atoms with E-state index in [2.05, 4.69) is 27.0 Å². The van der Waals surface area contributed by atoms with Crippen LogP contribution in [0.25, 0.3) is 10.9 Å². The number of aromatic amines is 1. The van der Waals surface area contributed by atoms with Gasteiger partial charge in [-0.25, -0.2) is 0 Å². The molecular weight excluding hydrogens is 400 g/mol. The van der Waals surface area contributed by atoms with E-state index in [1.165, 1.54) is 11.8 Å². The Morgan fingerprint density at radius 1 is 1.00 bits per heavy atom. The van der Waals surface area contributed by atoms with Crippen molar-refractivity contribution in [3.63, 3.8) is 0 Å². The summed E-state index contributed by atoms with van der Waals surface area (Å²) in [4.78, 5) is 5.10. The molecule has 1 nitrogen and oxygen atoms in total. The van der Waals surface area contributed by atoms with Crippen LogP contribution in [-0.2, 0) is 0 Å². The number of aromatic nitrogens is 1. The molecule has 0 fully saturated rings. The lowest BCUT2D eigenvalue weighted by atomic mass is 10.2. The van der Waals surface area contributed by atoms with Crippen molar-refractivity contribution in [2.24, 2.45) is 0 Å². The molecule has 0 bridgehead atoms. The highest BCUT2D eigenvalue weighted by molar-refractivity contribution is 9.10. The van der Waals surface area contributed by atoms with Crippen molar-refractivity contribution in [3.8, 4) is 0 Å². The molecule has 1 heterocycles. The predicted octanol–water partition coefficient (Wildman–Crippen LogP) is 7.04. The van der Waals surface area contributed by atoms with Gasteiger partial charge in [0.2, 0.25) is 0 Å². The minimum atomic E-state index is 0.533. The Labute approximate surface area is 143 Å². The lowest BCUT2D eigenvalue weighted by Crippen LogP contribution is -1.78. The van der Waals surface area contributed by atoms with E-state index in [1.807, 2.05) is 18.3 Å². The average Bonchev–Trinajstić information content (AvgIpc) is 2.76. The van der Waals surface area contributed by atoms with Gasteiger partial charge in [0.15, 0.2) is 0 Å². The summed E-state index contributed by atoms with van der Waals surface area (Å²) < 4.78 is 1.03.